The smallest absolute Gasteiger partial charge is 0.161 e. The molecule has 0 fully saturated rings. The molecule has 3 aromatic rings. The Morgan fingerprint density at radius 2 is 1.67 bits per heavy atom. The van der Waals surface area contributed by atoms with E-state index in [4.69, 9.17) is 5.73 Å². The third-order valence-electron chi connectivity index (χ3n) is 4.17. The highest BCUT2D eigenvalue weighted by atomic mass is 19.2. The van der Waals surface area contributed by atoms with Gasteiger partial charge in [-0.2, -0.15) is 0 Å². The number of para-hydroxylation sites is 1. The molecular formula is C19H19F2N3. The van der Waals surface area contributed by atoms with E-state index in [0.717, 1.165) is 30.4 Å². The van der Waals surface area contributed by atoms with Crippen molar-refractivity contribution in [3.05, 3.63) is 54.1 Å². The minimum Gasteiger partial charge on any atom is -0.398 e. The Labute approximate surface area is 139 Å². The molecule has 2 N–H and O–H groups in total. The average Bonchev–Trinajstić information content (AvgIpc) is 2.57. The molecule has 1 aromatic heterocycles. The lowest BCUT2D eigenvalue weighted by atomic mass is 10.1. The standard InChI is InChI=1S/C19H19F2N3/c1-3-24(4-2)19-11-18(12-7-5-6-8-16(12)22)23-17-10-15(21)14(20)9-13(17)19/h5-11H,3-4,22H2,1-2H3. The van der Waals surface area contributed by atoms with Gasteiger partial charge >= 0.3 is 0 Å². The predicted molar refractivity (Wildman–Crippen MR) is 95.1 cm³/mol. The number of nitrogens with two attached hydrogens (primary N) is 1. The van der Waals surface area contributed by atoms with Crippen molar-refractivity contribution in [1.29, 1.82) is 0 Å². The Kier molecular flexibility index (Phi) is 4.34. The molecule has 0 amide bonds. The van der Waals surface area contributed by atoms with Crippen LogP contribution >= 0.6 is 0 Å². The monoisotopic (exact) mass is 327 g/mol. The summed E-state index contributed by atoms with van der Waals surface area (Å²) in [5, 5.41) is 0.593. The highest BCUT2D eigenvalue weighted by molar-refractivity contribution is 5.95. The van der Waals surface area contributed by atoms with Gasteiger partial charge in [-0.1, -0.05) is 18.2 Å². The molecule has 0 saturated carbocycles. The van der Waals surface area contributed by atoms with Crippen molar-refractivity contribution in [3.63, 3.8) is 0 Å². The molecular weight excluding hydrogens is 308 g/mol. The van der Waals surface area contributed by atoms with Crippen LogP contribution in [0.15, 0.2) is 42.5 Å². The number of benzene rings is 2. The quantitative estimate of drug-likeness (QED) is 0.712. The van der Waals surface area contributed by atoms with Crippen LogP contribution in [0.25, 0.3) is 22.2 Å². The molecule has 24 heavy (non-hydrogen) atoms. The molecule has 1 heterocycles. The van der Waals surface area contributed by atoms with Gasteiger partial charge in [-0.3, -0.25) is 0 Å². The summed E-state index contributed by atoms with van der Waals surface area (Å²) in [7, 11) is 0. The summed E-state index contributed by atoms with van der Waals surface area (Å²) in [4.78, 5) is 6.59. The molecule has 0 aliphatic carbocycles. The van der Waals surface area contributed by atoms with Gasteiger partial charge in [-0.25, -0.2) is 13.8 Å². The number of hydrogen-bond donors (Lipinski definition) is 1. The van der Waals surface area contributed by atoms with Gasteiger partial charge in [0.25, 0.3) is 0 Å². The zero-order chi connectivity index (χ0) is 17.3. The third-order valence-corrected chi connectivity index (χ3v) is 4.17. The Bertz CT molecular complexity index is 889. The van der Waals surface area contributed by atoms with Gasteiger partial charge in [0.15, 0.2) is 11.6 Å². The summed E-state index contributed by atoms with van der Waals surface area (Å²) in [5.74, 6) is -1.77. The summed E-state index contributed by atoms with van der Waals surface area (Å²) >= 11 is 0. The Morgan fingerprint density at radius 3 is 2.33 bits per heavy atom. The fourth-order valence-electron chi connectivity index (χ4n) is 2.90. The van der Waals surface area contributed by atoms with Crippen molar-refractivity contribution < 1.29 is 8.78 Å². The first-order valence-corrected chi connectivity index (χ1v) is 7.94. The molecule has 0 radical (unpaired) electrons. The maximum atomic E-state index is 13.7. The Hall–Kier alpha value is -2.69. The molecule has 124 valence electrons. The van der Waals surface area contributed by atoms with Gasteiger partial charge in [0, 0.05) is 41.5 Å². The number of pyridine rings is 1. The molecule has 0 atom stereocenters. The number of halogens is 2. The molecule has 0 aliphatic heterocycles. The first-order chi connectivity index (χ1) is 11.5. The zero-order valence-electron chi connectivity index (χ0n) is 13.7. The second-order valence-corrected chi connectivity index (χ2v) is 5.57. The van der Waals surface area contributed by atoms with E-state index < -0.39 is 11.6 Å². The van der Waals surface area contributed by atoms with Gasteiger partial charge in [-0.15, -0.1) is 0 Å². The summed E-state index contributed by atoms with van der Waals surface area (Å²) in [6.07, 6.45) is 0. The molecule has 0 aliphatic rings. The number of nitrogens with zero attached hydrogens (tertiary/aromatic N) is 2. The van der Waals surface area contributed by atoms with E-state index in [-0.39, 0.29) is 0 Å². The fourth-order valence-corrected chi connectivity index (χ4v) is 2.90. The van der Waals surface area contributed by atoms with Gasteiger partial charge < -0.3 is 10.6 Å². The van der Waals surface area contributed by atoms with Crippen LogP contribution in [0.4, 0.5) is 20.2 Å². The minimum absolute atomic E-state index is 0.413. The van der Waals surface area contributed by atoms with Crippen LogP contribution in [0.1, 0.15) is 13.8 Å². The zero-order valence-corrected chi connectivity index (χ0v) is 13.7. The summed E-state index contributed by atoms with van der Waals surface area (Å²) in [5.41, 5.74) is 9.31. The van der Waals surface area contributed by atoms with Crippen LogP contribution in [-0.2, 0) is 0 Å². The second-order valence-electron chi connectivity index (χ2n) is 5.57. The lowest BCUT2D eigenvalue weighted by Crippen LogP contribution is -2.22. The average molecular weight is 327 g/mol. The van der Waals surface area contributed by atoms with Crippen LogP contribution < -0.4 is 10.6 Å². The minimum atomic E-state index is -0.904. The summed E-state index contributed by atoms with van der Waals surface area (Å²) < 4.78 is 27.5. The largest absolute Gasteiger partial charge is 0.398 e. The van der Waals surface area contributed by atoms with E-state index >= 15 is 0 Å². The summed E-state index contributed by atoms with van der Waals surface area (Å²) in [6, 6.07) is 11.6. The van der Waals surface area contributed by atoms with E-state index in [0.29, 0.717) is 22.3 Å². The maximum Gasteiger partial charge on any atom is 0.161 e. The molecule has 0 unspecified atom stereocenters. The van der Waals surface area contributed by atoms with Crippen LogP contribution in [-0.4, -0.2) is 18.1 Å². The highest BCUT2D eigenvalue weighted by Crippen LogP contribution is 2.34. The van der Waals surface area contributed by atoms with Gasteiger partial charge in [-0.05, 0) is 32.0 Å². The van der Waals surface area contributed by atoms with Crippen molar-refractivity contribution in [1.82, 2.24) is 4.98 Å². The number of fused-ring (bicyclic) bond motifs is 1. The van der Waals surface area contributed by atoms with Crippen LogP contribution in [0, 0.1) is 11.6 Å². The number of aromatic nitrogens is 1. The van der Waals surface area contributed by atoms with E-state index in [9.17, 15) is 8.78 Å². The van der Waals surface area contributed by atoms with Crippen molar-refractivity contribution in [3.8, 4) is 11.3 Å². The molecule has 2 aromatic carbocycles. The first-order valence-electron chi connectivity index (χ1n) is 7.94. The number of nitrogen functional groups attached to an aromatic ring is 1. The van der Waals surface area contributed by atoms with Gasteiger partial charge in [0.2, 0.25) is 0 Å². The maximum absolute atomic E-state index is 13.7. The van der Waals surface area contributed by atoms with Crippen molar-refractivity contribution in [2.75, 3.05) is 23.7 Å². The predicted octanol–water partition coefficient (Wildman–Crippen LogP) is 4.61. The van der Waals surface area contributed by atoms with E-state index in [1.807, 2.05) is 38.1 Å². The second kappa shape index (κ2) is 6.43. The summed E-state index contributed by atoms with van der Waals surface area (Å²) in [6.45, 7) is 5.54. The number of hydrogen-bond acceptors (Lipinski definition) is 3. The van der Waals surface area contributed by atoms with Crippen LogP contribution in [0.2, 0.25) is 0 Å². The normalized spacial score (nSPS) is 11.0. The Balaban J connectivity index is 2.33. The van der Waals surface area contributed by atoms with Crippen molar-refractivity contribution >= 4 is 22.3 Å². The number of anilines is 2. The lowest BCUT2D eigenvalue weighted by molar-refractivity contribution is 0.510. The van der Waals surface area contributed by atoms with Crippen molar-refractivity contribution in [2.45, 2.75) is 13.8 Å². The SMILES string of the molecule is CCN(CC)c1cc(-c2ccccc2N)nc2cc(F)c(F)cc12. The molecule has 3 nitrogen and oxygen atoms in total. The molecule has 5 heteroatoms. The van der Waals surface area contributed by atoms with E-state index in [2.05, 4.69) is 9.88 Å². The van der Waals surface area contributed by atoms with Crippen LogP contribution in [0.3, 0.4) is 0 Å². The Morgan fingerprint density at radius 1 is 1.00 bits per heavy atom. The lowest BCUT2D eigenvalue weighted by Gasteiger charge is -2.24. The van der Waals surface area contributed by atoms with Crippen molar-refractivity contribution in [2.24, 2.45) is 0 Å². The molecule has 0 spiro atoms. The molecule has 0 bridgehead atoms. The van der Waals surface area contributed by atoms with E-state index in [1.165, 1.54) is 6.07 Å². The van der Waals surface area contributed by atoms with Crippen LogP contribution in [0.5, 0.6) is 0 Å². The molecule has 0 saturated heterocycles. The third kappa shape index (κ3) is 2.77. The first kappa shape index (κ1) is 16.2. The van der Waals surface area contributed by atoms with Gasteiger partial charge in [0.1, 0.15) is 0 Å². The topological polar surface area (TPSA) is 42.1 Å². The highest BCUT2D eigenvalue weighted by Gasteiger charge is 2.15. The number of rotatable bonds is 4. The van der Waals surface area contributed by atoms with Gasteiger partial charge in [0.05, 0.1) is 11.2 Å². The fraction of sp³-hybridized carbons (Fsp3) is 0.211. The molecule has 3 rings (SSSR count). The van der Waals surface area contributed by atoms with E-state index in [1.54, 1.807) is 6.07 Å².